The molecular weight excluding hydrogens is 774 g/mol. The van der Waals surface area contributed by atoms with Gasteiger partial charge >= 0.3 is 6.18 Å². The summed E-state index contributed by atoms with van der Waals surface area (Å²) >= 11 is 0. The van der Waals surface area contributed by atoms with E-state index in [2.05, 4.69) is 30.2 Å². The highest BCUT2D eigenvalue weighted by Crippen LogP contribution is 2.33. The lowest BCUT2D eigenvalue weighted by Gasteiger charge is -2.34. The monoisotopic (exact) mass is 811 g/mol. The number of morpholine rings is 1. The van der Waals surface area contributed by atoms with E-state index in [0.717, 1.165) is 4.90 Å². The molecule has 0 saturated carbocycles. The number of hydrogen-bond acceptors (Lipinski definition) is 10. The van der Waals surface area contributed by atoms with Gasteiger partial charge in [0, 0.05) is 40.4 Å². The number of nitrogen functional groups attached to an aromatic ring is 2. The van der Waals surface area contributed by atoms with Crippen molar-refractivity contribution < 1.29 is 36.3 Å². The molecule has 1 unspecified atom stereocenters. The summed E-state index contributed by atoms with van der Waals surface area (Å²) in [4.78, 5) is 46.7. The molecular formula is C42H38F5N9O3. The Kier molecular flexibility index (Phi) is 12.3. The summed E-state index contributed by atoms with van der Waals surface area (Å²) in [7, 11) is 0. The van der Waals surface area contributed by atoms with Gasteiger partial charge in [-0.25, -0.2) is 23.7 Å². The van der Waals surface area contributed by atoms with Gasteiger partial charge in [0.15, 0.2) is 6.10 Å². The van der Waals surface area contributed by atoms with Crippen LogP contribution in [0.4, 0.5) is 39.4 Å². The minimum Gasteiger partial charge on any atom is -0.382 e. The second-order valence-corrected chi connectivity index (χ2v) is 14.3. The second-order valence-electron chi connectivity index (χ2n) is 14.3. The fraction of sp³-hybridized carbons (Fsp3) is 0.214. The Morgan fingerprint density at radius 3 is 1.81 bits per heavy atom. The Balaban J connectivity index is 0.000000201. The van der Waals surface area contributed by atoms with E-state index >= 15 is 0 Å². The third-order valence-electron chi connectivity index (χ3n) is 9.05. The number of benzene rings is 3. The minimum absolute atomic E-state index is 0.0306. The number of carbonyl (C=O) groups is 2. The van der Waals surface area contributed by atoms with Crippen molar-refractivity contribution in [3.05, 3.63) is 121 Å². The predicted molar refractivity (Wildman–Crippen MR) is 212 cm³/mol. The van der Waals surface area contributed by atoms with Crippen molar-refractivity contribution in [1.82, 2.24) is 29.8 Å². The molecule has 59 heavy (non-hydrogen) atoms. The van der Waals surface area contributed by atoms with E-state index in [-0.39, 0.29) is 41.8 Å². The molecule has 1 aliphatic rings. The van der Waals surface area contributed by atoms with E-state index in [1.807, 2.05) is 20.8 Å². The number of amides is 2. The van der Waals surface area contributed by atoms with Gasteiger partial charge in [0.25, 0.3) is 5.91 Å². The largest absolute Gasteiger partial charge is 0.416 e. The molecule has 0 spiro atoms. The van der Waals surface area contributed by atoms with E-state index in [1.54, 1.807) is 54.7 Å². The highest BCUT2D eigenvalue weighted by molar-refractivity contribution is 6.01. The van der Waals surface area contributed by atoms with E-state index in [0.29, 0.717) is 45.0 Å². The molecule has 1 aliphatic heterocycles. The number of rotatable bonds is 6. The molecule has 12 nitrogen and oxygen atoms in total. The molecule has 0 aliphatic carbocycles. The van der Waals surface area contributed by atoms with E-state index in [1.165, 1.54) is 49.1 Å². The smallest absolute Gasteiger partial charge is 0.382 e. The van der Waals surface area contributed by atoms with E-state index in [4.69, 9.17) is 16.2 Å². The van der Waals surface area contributed by atoms with Gasteiger partial charge in [0.05, 0.1) is 49.3 Å². The first-order chi connectivity index (χ1) is 28.0. The average molecular weight is 812 g/mol. The van der Waals surface area contributed by atoms with Crippen LogP contribution in [-0.2, 0) is 9.53 Å². The van der Waals surface area contributed by atoms with Gasteiger partial charge in [0.2, 0.25) is 5.91 Å². The number of halogens is 5. The first-order valence-corrected chi connectivity index (χ1v) is 18.1. The van der Waals surface area contributed by atoms with Crippen LogP contribution < -0.4 is 16.8 Å². The summed E-state index contributed by atoms with van der Waals surface area (Å²) in [6.07, 6.45) is 0.438. The number of alkyl halides is 3. The maximum atomic E-state index is 14.9. The van der Waals surface area contributed by atoms with Crippen molar-refractivity contribution in [3.63, 3.8) is 0 Å². The Hall–Kier alpha value is -6.88. The Morgan fingerprint density at radius 2 is 1.29 bits per heavy atom. The molecule has 1 atom stereocenters. The number of aromatic nitrogens is 5. The summed E-state index contributed by atoms with van der Waals surface area (Å²) in [5, 5.41) is 2.81. The van der Waals surface area contributed by atoms with E-state index in [9.17, 15) is 31.5 Å². The minimum atomic E-state index is -4.57. The summed E-state index contributed by atoms with van der Waals surface area (Å²) in [6.45, 7) is 4.65. The number of nitrogens with one attached hydrogen (secondary N) is 1. The lowest BCUT2D eigenvalue weighted by Crippen LogP contribution is -2.51. The molecule has 304 valence electrons. The fourth-order valence-electron chi connectivity index (χ4n) is 5.89. The zero-order chi connectivity index (χ0) is 42.5. The molecule has 17 heteroatoms. The third kappa shape index (κ3) is 9.99. The maximum Gasteiger partial charge on any atom is 0.416 e. The van der Waals surface area contributed by atoms with Crippen molar-refractivity contribution >= 4 is 29.3 Å². The van der Waals surface area contributed by atoms with Gasteiger partial charge in [-0.05, 0) is 59.2 Å². The van der Waals surface area contributed by atoms with Gasteiger partial charge in [-0.2, -0.15) is 13.2 Å². The lowest BCUT2D eigenvalue weighted by molar-refractivity contribution is -0.233. The van der Waals surface area contributed by atoms with Crippen LogP contribution in [0.5, 0.6) is 0 Å². The Labute approximate surface area is 335 Å². The summed E-state index contributed by atoms with van der Waals surface area (Å²) in [6, 6.07) is 19.0. The van der Waals surface area contributed by atoms with Gasteiger partial charge in [-0.3, -0.25) is 19.6 Å². The molecule has 7 rings (SSSR count). The first-order valence-electron chi connectivity index (χ1n) is 18.1. The highest BCUT2D eigenvalue weighted by atomic mass is 19.4. The molecule has 1 saturated heterocycles. The van der Waals surface area contributed by atoms with Crippen LogP contribution in [0.25, 0.3) is 44.8 Å². The number of pyridine rings is 1. The molecule has 3 aromatic carbocycles. The van der Waals surface area contributed by atoms with Crippen LogP contribution in [0, 0.1) is 17.0 Å². The maximum absolute atomic E-state index is 14.9. The third-order valence-corrected chi connectivity index (χ3v) is 9.05. The average Bonchev–Trinajstić information content (AvgIpc) is 3.21. The van der Waals surface area contributed by atoms with Crippen LogP contribution in [0.2, 0.25) is 0 Å². The summed E-state index contributed by atoms with van der Waals surface area (Å²) in [5.41, 5.74) is 13.9. The lowest BCUT2D eigenvalue weighted by atomic mass is 9.95. The molecule has 0 bridgehead atoms. The van der Waals surface area contributed by atoms with E-state index < -0.39 is 41.8 Å². The van der Waals surface area contributed by atoms with Crippen LogP contribution in [0.15, 0.2) is 104 Å². The van der Waals surface area contributed by atoms with Crippen molar-refractivity contribution in [2.45, 2.75) is 33.1 Å². The Morgan fingerprint density at radius 1 is 0.729 bits per heavy atom. The van der Waals surface area contributed by atoms with Crippen LogP contribution in [0.3, 0.4) is 0 Å². The van der Waals surface area contributed by atoms with Crippen LogP contribution in [0.1, 0.15) is 31.1 Å². The SMILES string of the molecule is CC(C)(C)C(=O)Nc1ncccc1-c1ccc(-c2cnc(N)cn2)c(F)c1.Nc1cnc(-c2ccc(-c3ccccc3C(=O)N3CCOC(C(F)(F)F)C3)cc2F)cn1. The predicted octanol–water partition coefficient (Wildman–Crippen LogP) is 7.85. The van der Waals surface area contributed by atoms with Crippen molar-refractivity contribution in [3.8, 4) is 44.8 Å². The fourth-order valence-corrected chi connectivity index (χ4v) is 5.89. The van der Waals surface area contributed by atoms with Crippen LogP contribution in [-0.4, -0.2) is 73.6 Å². The molecule has 4 heterocycles. The number of nitrogens with two attached hydrogens (primary N) is 2. The van der Waals surface area contributed by atoms with Gasteiger partial charge in [-0.1, -0.05) is 51.1 Å². The molecule has 2 amide bonds. The number of ether oxygens (including phenoxy) is 1. The number of anilines is 3. The zero-order valence-electron chi connectivity index (χ0n) is 32.0. The number of carbonyl (C=O) groups excluding carboxylic acids is 2. The van der Waals surface area contributed by atoms with Gasteiger partial charge in [0.1, 0.15) is 29.1 Å². The zero-order valence-corrected chi connectivity index (χ0v) is 32.0. The van der Waals surface area contributed by atoms with Crippen LogP contribution >= 0.6 is 0 Å². The van der Waals surface area contributed by atoms with Crippen molar-refractivity contribution in [2.75, 3.05) is 36.5 Å². The topological polar surface area (TPSA) is 175 Å². The summed E-state index contributed by atoms with van der Waals surface area (Å²) in [5.74, 6) is -0.934. The molecule has 5 N–H and O–H groups in total. The van der Waals surface area contributed by atoms with Crippen molar-refractivity contribution in [1.29, 1.82) is 0 Å². The molecule has 0 radical (unpaired) electrons. The van der Waals surface area contributed by atoms with Gasteiger partial charge in [-0.15, -0.1) is 0 Å². The Bertz CT molecular complexity index is 2460. The normalized spacial score (nSPS) is 14.2. The molecule has 6 aromatic rings. The van der Waals surface area contributed by atoms with Crippen molar-refractivity contribution in [2.24, 2.45) is 5.41 Å². The molecule has 1 fully saturated rings. The van der Waals surface area contributed by atoms with Gasteiger partial charge < -0.3 is 26.4 Å². The highest BCUT2D eigenvalue weighted by Gasteiger charge is 2.44. The standard InChI is InChI=1S/C22H18F4N4O2.C20H20FN5O/c23-17-9-13(5-6-16(17)18-10-29-20(27)11-28-18)14-3-1-2-4-15(14)21(31)30-7-8-32-19(12-30)22(24,25)26;1-20(2,3)19(27)26-18-13(5-4-8-23-18)12-6-7-14(15(21)9-12)16-10-25-17(22)11-24-16/h1-6,9-11,19H,7-8,12H2,(H2,27,29);4-11H,1-3H3,(H2,22,25)(H,23,26,27). The molecule has 3 aromatic heterocycles. The first kappa shape index (κ1) is 41.7. The quantitative estimate of drug-likeness (QED) is 0.141. The number of nitrogens with zero attached hydrogens (tertiary/aromatic N) is 6. The summed E-state index contributed by atoms with van der Waals surface area (Å²) < 4.78 is 73.5. The number of hydrogen-bond donors (Lipinski definition) is 3. The second kappa shape index (κ2) is 17.3.